The highest BCUT2D eigenvalue weighted by atomic mass is 16.6. The third-order valence-electron chi connectivity index (χ3n) is 5.12. The average molecular weight is 360 g/mol. The SMILES string of the molecule is COc1ccc(N(C2CCC(NC(=O)OC(C)(C)C)CC2)C2CC2)cc1. The second kappa shape index (κ2) is 7.77. The molecule has 26 heavy (non-hydrogen) atoms. The van der Waals surface area contributed by atoms with Crippen LogP contribution in [0.3, 0.4) is 0 Å². The molecule has 0 radical (unpaired) electrons. The number of amides is 1. The van der Waals surface area contributed by atoms with Crippen molar-refractivity contribution in [3.63, 3.8) is 0 Å². The van der Waals surface area contributed by atoms with Crippen LogP contribution in [0.4, 0.5) is 10.5 Å². The minimum Gasteiger partial charge on any atom is -0.497 e. The fourth-order valence-corrected chi connectivity index (χ4v) is 3.80. The van der Waals surface area contributed by atoms with Crippen LogP contribution in [0.1, 0.15) is 59.3 Å². The van der Waals surface area contributed by atoms with Gasteiger partial charge in [0.25, 0.3) is 0 Å². The number of anilines is 1. The van der Waals surface area contributed by atoms with E-state index in [2.05, 4.69) is 22.3 Å². The molecule has 0 spiro atoms. The molecule has 2 fully saturated rings. The molecule has 2 aliphatic rings. The summed E-state index contributed by atoms with van der Waals surface area (Å²) in [5, 5.41) is 3.04. The van der Waals surface area contributed by atoms with E-state index in [1.807, 2.05) is 32.9 Å². The maximum atomic E-state index is 12.0. The van der Waals surface area contributed by atoms with Gasteiger partial charge in [0.2, 0.25) is 0 Å². The van der Waals surface area contributed by atoms with E-state index in [0.29, 0.717) is 12.1 Å². The molecular formula is C21H32N2O3. The van der Waals surface area contributed by atoms with Gasteiger partial charge in [0.15, 0.2) is 0 Å². The van der Waals surface area contributed by atoms with Crippen LogP contribution in [0.2, 0.25) is 0 Å². The van der Waals surface area contributed by atoms with Crippen molar-refractivity contribution in [3.8, 4) is 5.75 Å². The second-order valence-electron chi connectivity index (χ2n) is 8.49. The Bertz CT molecular complexity index is 597. The number of benzene rings is 1. The average Bonchev–Trinajstić information content (AvgIpc) is 3.40. The lowest BCUT2D eigenvalue weighted by atomic mass is 9.89. The zero-order valence-corrected chi connectivity index (χ0v) is 16.5. The smallest absolute Gasteiger partial charge is 0.407 e. The lowest BCUT2D eigenvalue weighted by Gasteiger charge is -2.39. The molecule has 5 heteroatoms. The Labute approximate surface area is 157 Å². The van der Waals surface area contributed by atoms with Gasteiger partial charge in [0.1, 0.15) is 11.4 Å². The van der Waals surface area contributed by atoms with Crippen molar-refractivity contribution in [1.29, 1.82) is 0 Å². The van der Waals surface area contributed by atoms with Gasteiger partial charge >= 0.3 is 6.09 Å². The number of carbonyl (C=O) groups is 1. The van der Waals surface area contributed by atoms with Gasteiger partial charge in [-0.25, -0.2) is 4.79 Å². The van der Waals surface area contributed by atoms with Crippen molar-refractivity contribution in [2.45, 2.75) is 83.0 Å². The minimum absolute atomic E-state index is 0.220. The van der Waals surface area contributed by atoms with E-state index in [4.69, 9.17) is 9.47 Å². The largest absolute Gasteiger partial charge is 0.497 e. The second-order valence-corrected chi connectivity index (χ2v) is 8.49. The summed E-state index contributed by atoms with van der Waals surface area (Å²) in [6.45, 7) is 5.68. The molecule has 0 unspecified atom stereocenters. The number of hydrogen-bond acceptors (Lipinski definition) is 4. The van der Waals surface area contributed by atoms with Crippen LogP contribution in [0, 0.1) is 0 Å². The highest BCUT2D eigenvalue weighted by molar-refractivity contribution is 5.68. The normalized spacial score (nSPS) is 23.2. The topological polar surface area (TPSA) is 50.8 Å². The first-order valence-electron chi connectivity index (χ1n) is 9.77. The van der Waals surface area contributed by atoms with Crippen LogP contribution in [0.5, 0.6) is 5.75 Å². The van der Waals surface area contributed by atoms with Crippen molar-refractivity contribution < 1.29 is 14.3 Å². The monoisotopic (exact) mass is 360 g/mol. The van der Waals surface area contributed by atoms with E-state index < -0.39 is 5.60 Å². The van der Waals surface area contributed by atoms with Gasteiger partial charge in [-0.2, -0.15) is 0 Å². The molecular weight excluding hydrogens is 328 g/mol. The third kappa shape index (κ3) is 5.05. The van der Waals surface area contributed by atoms with E-state index in [1.54, 1.807) is 7.11 Å². The summed E-state index contributed by atoms with van der Waals surface area (Å²) in [6.07, 6.45) is 6.47. The first-order valence-corrected chi connectivity index (χ1v) is 9.77. The molecule has 0 bridgehead atoms. The zero-order chi connectivity index (χ0) is 18.7. The highest BCUT2D eigenvalue weighted by Gasteiger charge is 2.36. The summed E-state index contributed by atoms with van der Waals surface area (Å²) >= 11 is 0. The van der Waals surface area contributed by atoms with E-state index >= 15 is 0 Å². The number of carbonyl (C=O) groups excluding carboxylic acids is 1. The number of alkyl carbamates (subject to hydrolysis) is 1. The maximum Gasteiger partial charge on any atom is 0.407 e. The molecule has 0 saturated heterocycles. The van der Waals surface area contributed by atoms with Gasteiger partial charge in [-0.3, -0.25) is 0 Å². The van der Waals surface area contributed by atoms with Crippen LogP contribution in [-0.4, -0.2) is 36.9 Å². The lowest BCUT2D eigenvalue weighted by molar-refractivity contribution is 0.0491. The Hall–Kier alpha value is -1.91. The van der Waals surface area contributed by atoms with Crippen LogP contribution >= 0.6 is 0 Å². The van der Waals surface area contributed by atoms with Crippen LogP contribution in [0.25, 0.3) is 0 Å². The molecule has 0 aliphatic heterocycles. The lowest BCUT2D eigenvalue weighted by Crippen LogP contribution is -2.46. The Morgan fingerprint density at radius 1 is 1.00 bits per heavy atom. The summed E-state index contributed by atoms with van der Waals surface area (Å²) in [6, 6.07) is 9.86. The molecule has 3 rings (SSSR count). The quantitative estimate of drug-likeness (QED) is 0.840. The van der Waals surface area contributed by atoms with Gasteiger partial charge in [-0.1, -0.05) is 0 Å². The fourth-order valence-electron chi connectivity index (χ4n) is 3.80. The predicted molar refractivity (Wildman–Crippen MR) is 104 cm³/mol. The number of rotatable bonds is 5. The van der Waals surface area contributed by atoms with Gasteiger partial charge in [-0.05, 0) is 83.6 Å². The maximum absolute atomic E-state index is 12.0. The molecule has 1 aromatic carbocycles. The van der Waals surface area contributed by atoms with Gasteiger partial charge in [0, 0.05) is 23.8 Å². The van der Waals surface area contributed by atoms with Crippen molar-refractivity contribution in [2.75, 3.05) is 12.0 Å². The van der Waals surface area contributed by atoms with Gasteiger partial charge in [0.05, 0.1) is 7.11 Å². The molecule has 0 heterocycles. The third-order valence-corrected chi connectivity index (χ3v) is 5.12. The van der Waals surface area contributed by atoms with Gasteiger partial charge in [-0.15, -0.1) is 0 Å². The Balaban J connectivity index is 1.56. The van der Waals surface area contributed by atoms with Crippen LogP contribution in [-0.2, 0) is 4.74 Å². The first-order chi connectivity index (χ1) is 12.4. The van der Waals surface area contributed by atoms with Crippen LogP contribution in [0.15, 0.2) is 24.3 Å². The predicted octanol–water partition coefficient (Wildman–Crippen LogP) is 4.50. The number of nitrogens with zero attached hydrogens (tertiary/aromatic N) is 1. The minimum atomic E-state index is -0.446. The van der Waals surface area contributed by atoms with E-state index in [0.717, 1.165) is 31.4 Å². The summed E-state index contributed by atoms with van der Waals surface area (Å²) in [4.78, 5) is 14.6. The molecule has 2 aliphatic carbocycles. The van der Waals surface area contributed by atoms with Crippen molar-refractivity contribution in [3.05, 3.63) is 24.3 Å². The number of hydrogen-bond donors (Lipinski definition) is 1. The molecule has 5 nitrogen and oxygen atoms in total. The molecule has 144 valence electrons. The first kappa shape index (κ1) is 18.9. The molecule has 0 atom stereocenters. The van der Waals surface area contributed by atoms with Crippen molar-refractivity contribution in [1.82, 2.24) is 5.32 Å². The molecule has 1 aromatic rings. The summed E-state index contributed by atoms with van der Waals surface area (Å²) in [5.74, 6) is 0.898. The van der Waals surface area contributed by atoms with E-state index in [1.165, 1.54) is 18.5 Å². The fraction of sp³-hybridized carbons (Fsp3) is 0.667. The molecule has 1 amide bonds. The van der Waals surface area contributed by atoms with Crippen LogP contribution < -0.4 is 15.0 Å². The number of nitrogens with one attached hydrogen (secondary N) is 1. The zero-order valence-electron chi connectivity index (χ0n) is 16.5. The van der Waals surface area contributed by atoms with Gasteiger partial charge < -0.3 is 19.7 Å². The molecule has 2 saturated carbocycles. The molecule has 1 N–H and O–H groups in total. The Kier molecular flexibility index (Phi) is 5.64. The summed E-state index contributed by atoms with van der Waals surface area (Å²) in [7, 11) is 1.70. The summed E-state index contributed by atoms with van der Waals surface area (Å²) < 4.78 is 10.7. The highest BCUT2D eigenvalue weighted by Crippen LogP contribution is 2.38. The standard InChI is InChI=1S/C21H32N2O3/c1-21(2,3)26-20(24)22-15-5-7-16(8-6-15)23(17-9-10-17)18-11-13-19(25-4)14-12-18/h11-17H,5-10H2,1-4H3,(H,22,24). The van der Waals surface area contributed by atoms with Crippen molar-refractivity contribution >= 4 is 11.8 Å². The van der Waals surface area contributed by atoms with E-state index in [-0.39, 0.29) is 12.1 Å². The van der Waals surface area contributed by atoms with E-state index in [9.17, 15) is 4.79 Å². The number of ether oxygens (including phenoxy) is 2. The molecule has 0 aromatic heterocycles. The summed E-state index contributed by atoms with van der Waals surface area (Å²) in [5.41, 5.74) is 0.843. The van der Waals surface area contributed by atoms with Crippen molar-refractivity contribution in [2.24, 2.45) is 0 Å². The Morgan fingerprint density at radius 2 is 1.54 bits per heavy atom. The number of methoxy groups -OCH3 is 1. The Morgan fingerprint density at radius 3 is 2.00 bits per heavy atom.